The number of benzene rings is 1. The molecule has 2 nitrogen and oxygen atoms in total. The van der Waals surface area contributed by atoms with Gasteiger partial charge in [-0.1, -0.05) is 19.1 Å². The molecule has 3 heteroatoms. The Morgan fingerprint density at radius 2 is 2.11 bits per heavy atom. The van der Waals surface area contributed by atoms with Gasteiger partial charge in [0.05, 0.1) is 6.10 Å². The number of halogens is 1. The van der Waals surface area contributed by atoms with Crippen LogP contribution in [-0.2, 0) is 4.74 Å². The van der Waals surface area contributed by atoms with Crippen LogP contribution in [-0.4, -0.2) is 19.3 Å². The van der Waals surface area contributed by atoms with Crippen molar-refractivity contribution in [2.45, 2.75) is 38.8 Å². The first-order valence-electron chi connectivity index (χ1n) is 6.83. The second kappa shape index (κ2) is 6.30. The minimum Gasteiger partial charge on any atom is -0.378 e. The molecular formula is C15H22FNO. The maximum atomic E-state index is 13.0. The fourth-order valence-corrected chi connectivity index (χ4v) is 2.67. The van der Waals surface area contributed by atoms with Crippen molar-refractivity contribution in [3.63, 3.8) is 0 Å². The first kappa shape index (κ1) is 13.5. The second-order valence-corrected chi connectivity index (χ2v) is 5.01. The van der Waals surface area contributed by atoms with Crippen molar-refractivity contribution in [2.75, 3.05) is 13.2 Å². The molecule has 1 aromatic carbocycles. The summed E-state index contributed by atoms with van der Waals surface area (Å²) in [6, 6.07) is 7.11. The lowest BCUT2D eigenvalue weighted by Gasteiger charge is -2.27. The number of ether oxygens (including phenoxy) is 1. The first-order valence-corrected chi connectivity index (χ1v) is 6.83. The summed E-state index contributed by atoms with van der Waals surface area (Å²) in [5, 5.41) is 3.58. The Balaban J connectivity index is 2.15. The van der Waals surface area contributed by atoms with E-state index in [9.17, 15) is 4.39 Å². The fraction of sp³-hybridized carbons (Fsp3) is 0.600. The Morgan fingerprint density at radius 3 is 2.67 bits per heavy atom. The van der Waals surface area contributed by atoms with Crippen LogP contribution in [0.1, 0.15) is 38.3 Å². The molecule has 0 radical (unpaired) electrons. The van der Waals surface area contributed by atoms with E-state index in [1.165, 1.54) is 12.1 Å². The van der Waals surface area contributed by atoms with Crippen LogP contribution in [0.4, 0.5) is 4.39 Å². The Labute approximate surface area is 109 Å². The largest absolute Gasteiger partial charge is 0.378 e. The van der Waals surface area contributed by atoms with Gasteiger partial charge in [0.15, 0.2) is 0 Å². The summed E-state index contributed by atoms with van der Waals surface area (Å²) in [6.45, 7) is 6.09. The van der Waals surface area contributed by atoms with Crippen LogP contribution in [0.2, 0.25) is 0 Å². The summed E-state index contributed by atoms with van der Waals surface area (Å²) in [5.74, 6) is 0.297. The topological polar surface area (TPSA) is 21.3 Å². The molecule has 2 rings (SSSR count). The highest BCUT2D eigenvalue weighted by Crippen LogP contribution is 2.33. The van der Waals surface area contributed by atoms with Crippen LogP contribution in [0, 0.1) is 11.7 Å². The van der Waals surface area contributed by atoms with E-state index >= 15 is 0 Å². The summed E-state index contributed by atoms with van der Waals surface area (Å²) >= 11 is 0. The zero-order chi connectivity index (χ0) is 13.0. The molecule has 1 heterocycles. The molecule has 0 aliphatic carbocycles. The molecule has 1 aromatic rings. The highest BCUT2D eigenvalue weighted by molar-refractivity contribution is 5.21. The molecule has 1 fully saturated rings. The van der Waals surface area contributed by atoms with Crippen molar-refractivity contribution in [1.29, 1.82) is 0 Å². The van der Waals surface area contributed by atoms with E-state index in [0.717, 1.165) is 31.6 Å². The summed E-state index contributed by atoms with van der Waals surface area (Å²) in [6.07, 6.45) is 2.43. The maximum Gasteiger partial charge on any atom is 0.123 e. The van der Waals surface area contributed by atoms with Crippen LogP contribution < -0.4 is 5.32 Å². The van der Waals surface area contributed by atoms with Crippen molar-refractivity contribution in [2.24, 2.45) is 5.92 Å². The van der Waals surface area contributed by atoms with Gasteiger partial charge in [-0.3, -0.25) is 0 Å². The summed E-state index contributed by atoms with van der Waals surface area (Å²) in [4.78, 5) is 0. The fourth-order valence-electron chi connectivity index (χ4n) is 2.67. The molecular weight excluding hydrogens is 229 g/mol. The lowest BCUT2D eigenvalue weighted by molar-refractivity contribution is 0.0953. The minimum absolute atomic E-state index is 0.177. The Kier molecular flexibility index (Phi) is 4.72. The summed E-state index contributed by atoms with van der Waals surface area (Å²) < 4.78 is 18.7. The Hall–Kier alpha value is -0.930. The van der Waals surface area contributed by atoms with Gasteiger partial charge in [0.25, 0.3) is 0 Å². The van der Waals surface area contributed by atoms with E-state index in [-0.39, 0.29) is 18.0 Å². The number of rotatable bonds is 5. The number of nitrogens with one attached hydrogen (secondary N) is 1. The minimum atomic E-state index is -0.177. The zero-order valence-electron chi connectivity index (χ0n) is 11.2. The van der Waals surface area contributed by atoms with Crippen LogP contribution in [0.3, 0.4) is 0 Å². The van der Waals surface area contributed by atoms with Crippen molar-refractivity contribution in [3.05, 3.63) is 35.6 Å². The van der Waals surface area contributed by atoms with Gasteiger partial charge in [0.1, 0.15) is 5.82 Å². The number of hydrogen-bond donors (Lipinski definition) is 1. The van der Waals surface area contributed by atoms with Crippen LogP contribution >= 0.6 is 0 Å². The molecule has 1 saturated heterocycles. The molecule has 100 valence electrons. The molecule has 1 aliphatic rings. The quantitative estimate of drug-likeness (QED) is 0.867. The molecule has 0 bridgehead atoms. The van der Waals surface area contributed by atoms with Gasteiger partial charge >= 0.3 is 0 Å². The lowest BCUT2D eigenvalue weighted by atomic mass is 9.88. The third kappa shape index (κ3) is 3.09. The highest BCUT2D eigenvalue weighted by Gasteiger charge is 2.32. The predicted molar refractivity (Wildman–Crippen MR) is 71.0 cm³/mol. The maximum absolute atomic E-state index is 13.0. The number of hydrogen-bond acceptors (Lipinski definition) is 2. The van der Waals surface area contributed by atoms with Crippen molar-refractivity contribution < 1.29 is 9.13 Å². The van der Waals surface area contributed by atoms with Crippen molar-refractivity contribution in [1.82, 2.24) is 5.32 Å². The average Bonchev–Trinajstić information content (AvgIpc) is 2.78. The third-order valence-corrected chi connectivity index (χ3v) is 3.71. The molecule has 18 heavy (non-hydrogen) atoms. The average molecular weight is 251 g/mol. The molecule has 0 spiro atoms. The van der Waals surface area contributed by atoms with Crippen molar-refractivity contribution in [3.8, 4) is 0 Å². The smallest absolute Gasteiger partial charge is 0.123 e. The highest BCUT2D eigenvalue weighted by atomic mass is 19.1. The van der Waals surface area contributed by atoms with E-state index in [1.807, 2.05) is 12.1 Å². The molecule has 0 aromatic heterocycles. The van der Waals surface area contributed by atoms with Gasteiger partial charge in [0, 0.05) is 18.6 Å². The Morgan fingerprint density at radius 1 is 1.39 bits per heavy atom. The SMILES string of the molecule is CCCNC(c1ccc(F)cc1)C1CCOC1C. The normalized spacial score (nSPS) is 25.3. The predicted octanol–water partition coefficient (Wildman–Crippen LogP) is 3.29. The lowest BCUT2D eigenvalue weighted by Crippen LogP contribution is -2.32. The molecule has 3 atom stereocenters. The van der Waals surface area contributed by atoms with E-state index in [0.29, 0.717) is 5.92 Å². The molecule has 1 N–H and O–H groups in total. The summed E-state index contributed by atoms with van der Waals surface area (Å²) in [7, 11) is 0. The molecule has 3 unspecified atom stereocenters. The van der Waals surface area contributed by atoms with Gasteiger partial charge in [-0.15, -0.1) is 0 Å². The van der Waals surface area contributed by atoms with Crippen LogP contribution in [0.15, 0.2) is 24.3 Å². The van der Waals surface area contributed by atoms with E-state index in [2.05, 4.69) is 19.2 Å². The summed E-state index contributed by atoms with van der Waals surface area (Å²) in [5.41, 5.74) is 1.16. The zero-order valence-corrected chi connectivity index (χ0v) is 11.2. The van der Waals surface area contributed by atoms with E-state index < -0.39 is 0 Å². The van der Waals surface area contributed by atoms with Gasteiger partial charge in [-0.05, 0) is 44.0 Å². The van der Waals surface area contributed by atoms with Gasteiger partial charge < -0.3 is 10.1 Å². The monoisotopic (exact) mass is 251 g/mol. The first-order chi connectivity index (χ1) is 8.72. The third-order valence-electron chi connectivity index (χ3n) is 3.71. The van der Waals surface area contributed by atoms with Crippen LogP contribution in [0.5, 0.6) is 0 Å². The standard InChI is InChI=1S/C15H22FNO/c1-3-9-17-15(14-8-10-18-11(14)2)12-4-6-13(16)7-5-12/h4-7,11,14-15,17H,3,8-10H2,1-2H3. The van der Waals surface area contributed by atoms with Gasteiger partial charge in [-0.25, -0.2) is 4.39 Å². The van der Waals surface area contributed by atoms with E-state index in [1.54, 1.807) is 0 Å². The Bertz CT molecular complexity index is 365. The van der Waals surface area contributed by atoms with Crippen LogP contribution in [0.25, 0.3) is 0 Å². The molecule has 0 amide bonds. The molecule has 1 aliphatic heterocycles. The van der Waals surface area contributed by atoms with Gasteiger partial charge in [-0.2, -0.15) is 0 Å². The van der Waals surface area contributed by atoms with E-state index in [4.69, 9.17) is 4.74 Å². The van der Waals surface area contributed by atoms with Crippen molar-refractivity contribution >= 4 is 0 Å². The van der Waals surface area contributed by atoms with Gasteiger partial charge in [0.2, 0.25) is 0 Å². The molecule has 0 saturated carbocycles. The second-order valence-electron chi connectivity index (χ2n) is 5.01.